The van der Waals surface area contributed by atoms with Gasteiger partial charge in [0.25, 0.3) is 0 Å². The number of carboxylic acids is 2. The van der Waals surface area contributed by atoms with Crippen molar-refractivity contribution in [1.82, 2.24) is 19.6 Å². The molecule has 10 heteroatoms. The van der Waals surface area contributed by atoms with Gasteiger partial charge < -0.3 is 29.8 Å². The third kappa shape index (κ3) is 14.7. The van der Waals surface area contributed by atoms with Crippen molar-refractivity contribution in [2.24, 2.45) is 0 Å². The quantitative estimate of drug-likeness (QED) is 0.325. The van der Waals surface area contributed by atoms with Crippen LogP contribution in [0.2, 0.25) is 0 Å². The van der Waals surface area contributed by atoms with Crippen LogP contribution in [0.25, 0.3) is 0 Å². The van der Waals surface area contributed by atoms with Gasteiger partial charge in [-0.1, -0.05) is 0 Å². The number of aliphatic carboxylic acids is 2. The van der Waals surface area contributed by atoms with Crippen LogP contribution < -0.4 is 0 Å². The number of carbonyl (C=O) groups excluding carboxylic acids is 2. The minimum atomic E-state index is -1.26. The first-order valence-corrected chi connectivity index (χ1v) is 9.18. The predicted octanol–water partition coefficient (Wildman–Crippen LogP) is -0.728. The fourth-order valence-corrected chi connectivity index (χ4v) is 2.57. The summed E-state index contributed by atoms with van der Waals surface area (Å²) < 4.78 is 0. The molecule has 0 aromatic carbocycles. The highest BCUT2D eigenvalue weighted by molar-refractivity contribution is 5.89. The zero-order chi connectivity index (χ0) is 21.4. The molecule has 0 radical (unpaired) electrons. The molecular weight excluding hydrogens is 368 g/mol. The monoisotopic (exact) mass is 400 g/mol. The van der Waals surface area contributed by atoms with E-state index in [-0.39, 0.29) is 0 Å². The Bertz CT molecular complexity index is 462. The first-order valence-electron chi connectivity index (χ1n) is 9.18. The van der Waals surface area contributed by atoms with E-state index in [0.717, 1.165) is 78.0 Å². The van der Waals surface area contributed by atoms with Crippen molar-refractivity contribution in [2.75, 3.05) is 66.5 Å². The molecule has 1 saturated heterocycles. The molecule has 0 aliphatic carbocycles. The molecule has 1 rings (SSSR count). The van der Waals surface area contributed by atoms with E-state index in [1.165, 1.54) is 0 Å². The van der Waals surface area contributed by atoms with E-state index < -0.39 is 11.9 Å². The Morgan fingerprint density at radius 2 is 1.11 bits per heavy atom. The summed E-state index contributed by atoms with van der Waals surface area (Å²) in [5.74, 6) is -2.51. The van der Waals surface area contributed by atoms with E-state index in [1.54, 1.807) is 9.80 Å². The van der Waals surface area contributed by atoms with Crippen molar-refractivity contribution in [2.45, 2.75) is 12.8 Å². The predicted molar refractivity (Wildman–Crippen MR) is 104 cm³/mol. The van der Waals surface area contributed by atoms with Crippen molar-refractivity contribution in [1.29, 1.82) is 0 Å². The maximum Gasteiger partial charge on any atom is 0.328 e. The van der Waals surface area contributed by atoms with Gasteiger partial charge in [0.05, 0.1) is 0 Å². The third-order valence-electron chi connectivity index (χ3n) is 4.16. The number of carboxylic acid groups (broad SMARTS) is 2. The van der Waals surface area contributed by atoms with Gasteiger partial charge in [-0.2, -0.15) is 0 Å². The van der Waals surface area contributed by atoms with Crippen LogP contribution in [0.5, 0.6) is 0 Å². The molecule has 0 aromatic heterocycles. The molecule has 0 saturated carbocycles. The maximum absolute atomic E-state index is 10.5. The Morgan fingerprint density at radius 3 is 1.36 bits per heavy atom. The molecule has 2 amide bonds. The molecule has 0 unspecified atom stereocenters. The molecule has 28 heavy (non-hydrogen) atoms. The highest BCUT2D eigenvalue weighted by Gasteiger charge is 2.16. The van der Waals surface area contributed by atoms with E-state index in [1.807, 2.05) is 14.1 Å². The van der Waals surface area contributed by atoms with Crippen LogP contribution in [0.15, 0.2) is 12.2 Å². The smallest absolute Gasteiger partial charge is 0.328 e. The molecule has 1 aliphatic heterocycles. The number of hydrogen-bond donors (Lipinski definition) is 2. The van der Waals surface area contributed by atoms with E-state index in [9.17, 15) is 19.2 Å². The lowest BCUT2D eigenvalue weighted by molar-refractivity contribution is -0.134. The summed E-state index contributed by atoms with van der Waals surface area (Å²) in [7, 11) is 3.64. The average molecular weight is 400 g/mol. The minimum absolute atomic E-state index is 0.558. The second kappa shape index (κ2) is 15.6. The van der Waals surface area contributed by atoms with Crippen molar-refractivity contribution < 1.29 is 29.4 Å². The van der Waals surface area contributed by atoms with Gasteiger partial charge in [0.1, 0.15) is 0 Å². The zero-order valence-electron chi connectivity index (χ0n) is 16.7. The molecule has 10 nitrogen and oxygen atoms in total. The fourth-order valence-electron chi connectivity index (χ4n) is 2.57. The normalized spacial score (nSPS) is 14.8. The van der Waals surface area contributed by atoms with E-state index in [2.05, 4.69) is 9.80 Å². The molecule has 160 valence electrons. The first kappa shape index (κ1) is 25.5. The number of hydrogen-bond acceptors (Lipinski definition) is 6. The van der Waals surface area contributed by atoms with Crippen LogP contribution >= 0.6 is 0 Å². The topological polar surface area (TPSA) is 122 Å². The average Bonchev–Trinajstić information content (AvgIpc) is 2.67. The van der Waals surface area contributed by atoms with Crippen LogP contribution in [0, 0.1) is 0 Å². The van der Waals surface area contributed by atoms with Crippen LogP contribution in [-0.2, 0) is 19.2 Å². The minimum Gasteiger partial charge on any atom is -0.478 e. The van der Waals surface area contributed by atoms with Gasteiger partial charge in [-0.25, -0.2) is 9.59 Å². The Morgan fingerprint density at radius 1 is 0.786 bits per heavy atom. The number of carbonyl (C=O) groups is 4. The largest absolute Gasteiger partial charge is 0.478 e. The van der Waals surface area contributed by atoms with Crippen LogP contribution in [0.1, 0.15) is 12.8 Å². The van der Waals surface area contributed by atoms with Gasteiger partial charge in [-0.15, -0.1) is 0 Å². The van der Waals surface area contributed by atoms with E-state index in [0.29, 0.717) is 12.2 Å². The molecule has 0 aromatic rings. The van der Waals surface area contributed by atoms with Crippen LogP contribution in [0.3, 0.4) is 0 Å². The molecule has 0 spiro atoms. The summed E-state index contributed by atoms with van der Waals surface area (Å²) in [4.78, 5) is 48.4. The maximum atomic E-state index is 10.5. The van der Waals surface area contributed by atoms with Crippen LogP contribution in [-0.4, -0.2) is 121 Å². The summed E-state index contributed by atoms with van der Waals surface area (Å²) in [6.45, 7) is 8.23. The van der Waals surface area contributed by atoms with Crippen molar-refractivity contribution >= 4 is 24.8 Å². The molecule has 1 heterocycles. The highest BCUT2D eigenvalue weighted by Crippen LogP contribution is 2.03. The Hall–Kier alpha value is -2.46. The second-order valence-electron chi connectivity index (χ2n) is 6.57. The molecule has 0 bridgehead atoms. The van der Waals surface area contributed by atoms with Crippen molar-refractivity contribution in [3.8, 4) is 0 Å². The SMILES string of the molecule is CN(C=O)CCCN1CCN(CCCN(C)C=O)CC1.O=C(O)/C=C/C(=O)O. The number of nitrogens with zero attached hydrogens (tertiary/aromatic N) is 4. The fraction of sp³-hybridized carbons (Fsp3) is 0.667. The van der Waals surface area contributed by atoms with E-state index in [4.69, 9.17) is 10.2 Å². The number of piperazine rings is 1. The lowest BCUT2D eigenvalue weighted by atomic mass is 10.2. The van der Waals surface area contributed by atoms with E-state index >= 15 is 0 Å². The van der Waals surface area contributed by atoms with Gasteiger partial charge in [0, 0.05) is 65.5 Å². The lowest BCUT2D eigenvalue weighted by Gasteiger charge is -2.35. The standard InChI is InChI=1S/C14H28N4O2.C4H4O4/c1-15(13-19)5-3-7-17-9-11-18(12-10-17)8-4-6-16(2)14-20;5-3(6)1-2-4(7)8/h13-14H,3-12H2,1-2H3;1-2H,(H,5,6)(H,7,8)/b;2-1+. The molecule has 2 N–H and O–H groups in total. The van der Waals surface area contributed by atoms with Crippen molar-refractivity contribution in [3.05, 3.63) is 12.2 Å². The Balaban J connectivity index is 0.000000769. The number of amides is 2. The van der Waals surface area contributed by atoms with Crippen molar-refractivity contribution in [3.63, 3.8) is 0 Å². The van der Waals surface area contributed by atoms with Crippen LogP contribution in [0.4, 0.5) is 0 Å². The molecule has 0 atom stereocenters. The Kier molecular flexibility index (Phi) is 14.2. The van der Waals surface area contributed by atoms with Gasteiger partial charge in [-0.3, -0.25) is 9.59 Å². The molecular formula is C18H32N4O6. The Labute approximate surface area is 166 Å². The third-order valence-corrected chi connectivity index (χ3v) is 4.16. The summed E-state index contributed by atoms with van der Waals surface area (Å²) in [5, 5.41) is 15.6. The number of rotatable bonds is 12. The summed E-state index contributed by atoms with van der Waals surface area (Å²) in [5.41, 5.74) is 0. The van der Waals surface area contributed by atoms with Gasteiger partial charge in [-0.05, 0) is 25.9 Å². The highest BCUT2D eigenvalue weighted by atomic mass is 16.4. The van der Waals surface area contributed by atoms with Gasteiger partial charge in [0.15, 0.2) is 0 Å². The molecule has 1 aliphatic rings. The first-order chi connectivity index (χ1) is 13.3. The summed E-state index contributed by atoms with van der Waals surface area (Å²) in [6.07, 6.45) is 4.96. The second-order valence-corrected chi connectivity index (χ2v) is 6.57. The summed E-state index contributed by atoms with van der Waals surface area (Å²) >= 11 is 0. The lowest BCUT2D eigenvalue weighted by Crippen LogP contribution is -2.47. The zero-order valence-corrected chi connectivity index (χ0v) is 16.7. The summed E-state index contributed by atoms with van der Waals surface area (Å²) in [6, 6.07) is 0. The molecule has 1 fully saturated rings. The van der Waals surface area contributed by atoms with Gasteiger partial charge in [0.2, 0.25) is 12.8 Å². The van der Waals surface area contributed by atoms with Gasteiger partial charge >= 0.3 is 11.9 Å².